The highest BCUT2D eigenvalue weighted by molar-refractivity contribution is 14.0. The van der Waals surface area contributed by atoms with Crippen LogP contribution in [0.15, 0.2) is 59.6 Å². The molecular weight excluding hydrogens is 477 g/mol. The molecule has 29 heavy (non-hydrogen) atoms. The van der Waals surface area contributed by atoms with Gasteiger partial charge < -0.3 is 20.5 Å². The molecule has 6 heteroatoms. The predicted molar refractivity (Wildman–Crippen MR) is 131 cm³/mol. The number of halogens is 1. The van der Waals surface area contributed by atoms with Crippen molar-refractivity contribution in [2.75, 3.05) is 26.3 Å². The van der Waals surface area contributed by atoms with Crippen molar-refractivity contribution in [1.29, 1.82) is 0 Å². The Morgan fingerprint density at radius 1 is 1.00 bits per heavy atom. The SMILES string of the molecule is CCCOCc1ccccc1CN=C(NCC)NCC(CO)c1ccccc1.I. The molecule has 0 saturated carbocycles. The normalized spacial score (nSPS) is 12.2. The number of aliphatic imine (C=N–C) groups is 1. The van der Waals surface area contributed by atoms with Crippen LogP contribution in [-0.4, -0.2) is 37.4 Å². The van der Waals surface area contributed by atoms with E-state index in [1.807, 2.05) is 49.4 Å². The highest BCUT2D eigenvalue weighted by Gasteiger charge is 2.11. The van der Waals surface area contributed by atoms with Gasteiger partial charge in [-0.15, -0.1) is 24.0 Å². The van der Waals surface area contributed by atoms with Crippen molar-refractivity contribution in [2.45, 2.75) is 39.3 Å². The molecule has 0 aliphatic heterocycles. The summed E-state index contributed by atoms with van der Waals surface area (Å²) >= 11 is 0. The summed E-state index contributed by atoms with van der Waals surface area (Å²) in [6.45, 7) is 7.61. The van der Waals surface area contributed by atoms with Gasteiger partial charge >= 0.3 is 0 Å². The van der Waals surface area contributed by atoms with Crippen LogP contribution in [-0.2, 0) is 17.9 Å². The Hall–Kier alpha value is -1.64. The molecule has 1 unspecified atom stereocenters. The van der Waals surface area contributed by atoms with Crippen molar-refractivity contribution in [3.63, 3.8) is 0 Å². The van der Waals surface area contributed by atoms with Crippen LogP contribution in [0.1, 0.15) is 42.9 Å². The van der Waals surface area contributed by atoms with Gasteiger partial charge in [0, 0.05) is 25.6 Å². The van der Waals surface area contributed by atoms with E-state index in [4.69, 9.17) is 9.73 Å². The largest absolute Gasteiger partial charge is 0.396 e. The molecule has 0 saturated heterocycles. The Morgan fingerprint density at radius 2 is 1.69 bits per heavy atom. The van der Waals surface area contributed by atoms with E-state index in [1.165, 1.54) is 5.56 Å². The molecule has 0 bridgehead atoms. The number of hydrogen-bond donors (Lipinski definition) is 3. The minimum atomic E-state index is 0. The van der Waals surface area contributed by atoms with Gasteiger partial charge in [0.2, 0.25) is 0 Å². The Morgan fingerprint density at radius 3 is 2.34 bits per heavy atom. The van der Waals surface area contributed by atoms with Crippen LogP contribution in [0.4, 0.5) is 0 Å². The first kappa shape index (κ1) is 25.4. The van der Waals surface area contributed by atoms with E-state index in [0.29, 0.717) is 19.7 Å². The lowest BCUT2D eigenvalue weighted by atomic mass is 10.0. The van der Waals surface area contributed by atoms with Crippen LogP contribution in [0.2, 0.25) is 0 Å². The second-order valence-electron chi connectivity index (χ2n) is 6.69. The maximum absolute atomic E-state index is 9.76. The zero-order valence-electron chi connectivity index (χ0n) is 17.4. The Balaban J connectivity index is 0.00000420. The number of ether oxygens (including phenoxy) is 1. The van der Waals surface area contributed by atoms with Gasteiger partial charge in [-0.05, 0) is 30.0 Å². The Bertz CT molecular complexity index is 710. The molecule has 0 aliphatic carbocycles. The van der Waals surface area contributed by atoms with Crippen molar-refractivity contribution in [3.05, 3.63) is 71.3 Å². The lowest BCUT2D eigenvalue weighted by molar-refractivity contribution is 0.121. The van der Waals surface area contributed by atoms with Crippen molar-refractivity contribution < 1.29 is 9.84 Å². The van der Waals surface area contributed by atoms with Crippen molar-refractivity contribution in [1.82, 2.24) is 10.6 Å². The molecule has 0 spiro atoms. The van der Waals surface area contributed by atoms with E-state index in [0.717, 1.165) is 36.7 Å². The van der Waals surface area contributed by atoms with Crippen LogP contribution in [0.5, 0.6) is 0 Å². The summed E-state index contributed by atoms with van der Waals surface area (Å²) in [5.74, 6) is 0.779. The summed E-state index contributed by atoms with van der Waals surface area (Å²) in [6, 6.07) is 18.3. The number of aliphatic hydroxyl groups is 1. The van der Waals surface area contributed by atoms with Crippen LogP contribution >= 0.6 is 24.0 Å². The third-order valence-electron chi connectivity index (χ3n) is 4.48. The van der Waals surface area contributed by atoms with Gasteiger partial charge in [-0.25, -0.2) is 4.99 Å². The molecule has 2 aromatic rings. The fourth-order valence-corrected chi connectivity index (χ4v) is 2.92. The molecule has 2 rings (SSSR count). The number of nitrogens with one attached hydrogen (secondary N) is 2. The standard InChI is InChI=1S/C23H33N3O2.HI/c1-3-14-28-18-21-13-9-8-12-20(21)15-25-23(24-4-2)26-16-22(17-27)19-10-6-5-7-11-19;/h5-13,22,27H,3-4,14-18H2,1-2H3,(H2,24,25,26);1H. The minimum absolute atomic E-state index is 0. The molecule has 0 amide bonds. The van der Waals surface area contributed by atoms with Gasteiger partial charge in [-0.1, -0.05) is 61.5 Å². The van der Waals surface area contributed by atoms with Gasteiger partial charge in [0.1, 0.15) is 0 Å². The number of aliphatic hydroxyl groups excluding tert-OH is 1. The van der Waals surface area contributed by atoms with E-state index < -0.39 is 0 Å². The highest BCUT2D eigenvalue weighted by Crippen LogP contribution is 2.14. The van der Waals surface area contributed by atoms with E-state index >= 15 is 0 Å². The van der Waals surface area contributed by atoms with Crippen LogP contribution in [0.25, 0.3) is 0 Å². The fraction of sp³-hybridized carbons (Fsp3) is 0.435. The number of rotatable bonds is 11. The molecule has 0 aliphatic rings. The number of benzene rings is 2. The maximum atomic E-state index is 9.76. The van der Waals surface area contributed by atoms with E-state index in [1.54, 1.807) is 0 Å². The zero-order valence-corrected chi connectivity index (χ0v) is 19.8. The fourth-order valence-electron chi connectivity index (χ4n) is 2.92. The van der Waals surface area contributed by atoms with Crippen molar-refractivity contribution in [3.8, 4) is 0 Å². The van der Waals surface area contributed by atoms with E-state index in [-0.39, 0.29) is 36.5 Å². The zero-order chi connectivity index (χ0) is 20.0. The van der Waals surface area contributed by atoms with Gasteiger partial charge in [0.15, 0.2) is 5.96 Å². The average molecular weight is 511 g/mol. The molecule has 3 N–H and O–H groups in total. The summed E-state index contributed by atoms with van der Waals surface area (Å²) in [4.78, 5) is 4.73. The Kier molecular flexibility index (Phi) is 13.3. The van der Waals surface area contributed by atoms with Crippen molar-refractivity contribution in [2.24, 2.45) is 4.99 Å². The van der Waals surface area contributed by atoms with Gasteiger partial charge in [-0.3, -0.25) is 0 Å². The van der Waals surface area contributed by atoms with Crippen LogP contribution < -0.4 is 10.6 Å². The summed E-state index contributed by atoms with van der Waals surface area (Å²) in [5.41, 5.74) is 3.46. The molecule has 0 heterocycles. The molecule has 2 aromatic carbocycles. The lowest BCUT2D eigenvalue weighted by Crippen LogP contribution is -2.40. The monoisotopic (exact) mass is 511 g/mol. The lowest BCUT2D eigenvalue weighted by Gasteiger charge is -2.18. The van der Waals surface area contributed by atoms with Gasteiger partial charge in [-0.2, -0.15) is 0 Å². The smallest absolute Gasteiger partial charge is 0.191 e. The summed E-state index contributed by atoms with van der Waals surface area (Å²) in [7, 11) is 0. The first-order valence-electron chi connectivity index (χ1n) is 10.1. The second-order valence-corrected chi connectivity index (χ2v) is 6.69. The van der Waals surface area contributed by atoms with Crippen LogP contribution in [0.3, 0.4) is 0 Å². The van der Waals surface area contributed by atoms with Crippen molar-refractivity contribution >= 4 is 29.9 Å². The summed E-state index contributed by atoms with van der Waals surface area (Å²) < 4.78 is 5.70. The number of guanidine groups is 1. The van der Waals surface area contributed by atoms with E-state index in [9.17, 15) is 5.11 Å². The number of nitrogens with zero attached hydrogens (tertiary/aromatic N) is 1. The highest BCUT2D eigenvalue weighted by atomic mass is 127. The first-order valence-corrected chi connectivity index (χ1v) is 10.1. The molecular formula is C23H34IN3O2. The topological polar surface area (TPSA) is 65.9 Å². The third kappa shape index (κ3) is 9.14. The van der Waals surface area contributed by atoms with Gasteiger partial charge in [0.25, 0.3) is 0 Å². The average Bonchev–Trinajstić information content (AvgIpc) is 2.74. The second kappa shape index (κ2) is 15.2. The molecule has 0 aromatic heterocycles. The summed E-state index contributed by atoms with van der Waals surface area (Å²) in [6.07, 6.45) is 1.02. The molecule has 0 radical (unpaired) electrons. The molecule has 1 atom stereocenters. The first-order chi connectivity index (χ1) is 13.8. The van der Waals surface area contributed by atoms with E-state index in [2.05, 4.69) is 29.7 Å². The molecule has 160 valence electrons. The van der Waals surface area contributed by atoms with Crippen LogP contribution in [0, 0.1) is 0 Å². The molecule has 5 nitrogen and oxygen atoms in total. The van der Waals surface area contributed by atoms with Gasteiger partial charge in [0.05, 0.1) is 19.8 Å². The summed E-state index contributed by atoms with van der Waals surface area (Å²) in [5, 5.41) is 16.4. The third-order valence-corrected chi connectivity index (χ3v) is 4.48. The predicted octanol–water partition coefficient (Wildman–Crippen LogP) is 4.06. The maximum Gasteiger partial charge on any atom is 0.191 e. The minimum Gasteiger partial charge on any atom is -0.396 e. The Labute approximate surface area is 192 Å². The molecule has 0 fully saturated rings. The quantitative estimate of drug-likeness (QED) is 0.184. The number of hydrogen-bond acceptors (Lipinski definition) is 3.